The second-order valence-corrected chi connectivity index (χ2v) is 5.30. The van der Waals surface area contributed by atoms with E-state index in [1.54, 1.807) is 4.68 Å². The summed E-state index contributed by atoms with van der Waals surface area (Å²) in [6, 6.07) is 8.28. The van der Waals surface area contributed by atoms with Gasteiger partial charge in [0.1, 0.15) is 5.69 Å². The number of hydrogen-bond donors (Lipinski definition) is 2. The Bertz CT molecular complexity index is 553. The van der Waals surface area contributed by atoms with E-state index in [1.165, 1.54) is 5.56 Å². The maximum atomic E-state index is 8.81. The predicted molar refractivity (Wildman–Crippen MR) is 82.9 cm³/mol. The summed E-state index contributed by atoms with van der Waals surface area (Å²) < 4.78 is 1.76. The fourth-order valence-electron chi connectivity index (χ4n) is 2.12. The molecule has 0 bridgehead atoms. The van der Waals surface area contributed by atoms with Gasteiger partial charge < -0.3 is 15.3 Å². The van der Waals surface area contributed by atoms with Gasteiger partial charge >= 0.3 is 0 Å². The number of nitrogens with one attached hydrogen (secondary N) is 1. The molecule has 2 rings (SSSR count). The molecule has 0 spiro atoms. The van der Waals surface area contributed by atoms with Gasteiger partial charge in [0.05, 0.1) is 12.7 Å². The smallest absolute Gasteiger partial charge is 0.102 e. The lowest BCUT2D eigenvalue weighted by molar-refractivity contribution is 0.276. The zero-order chi connectivity index (χ0) is 15.1. The van der Waals surface area contributed by atoms with Crippen molar-refractivity contribution in [1.29, 1.82) is 0 Å². The minimum Gasteiger partial charge on any atom is -0.396 e. The van der Waals surface area contributed by atoms with E-state index in [2.05, 4.69) is 52.8 Å². The van der Waals surface area contributed by atoms with Crippen molar-refractivity contribution in [1.82, 2.24) is 19.9 Å². The number of para-hydroxylation sites is 1. The highest BCUT2D eigenvalue weighted by molar-refractivity contribution is 5.51. The van der Waals surface area contributed by atoms with E-state index in [-0.39, 0.29) is 6.61 Å². The number of rotatable bonds is 8. The Morgan fingerprint density at radius 2 is 2.10 bits per heavy atom. The maximum absolute atomic E-state index is 8.81. The molecule has 0 atom stereocenters. The number of aliphatic hydroxyl groups is 1. The summed E-state index contributed by atoms with van der Waals surface area (Å²) in [7, 11) is 4.12. The van der Waals surface area contributed by atoms with Crippen LogP contribution in [0.2, 0.25) is 0 Å². The van der Waals surface area contributed by atoms with E-state index in [0.29, 0.717) is 19.5 Å². The predicted octanol–water partition coefficient (Wildman–Crippen LogP) is 1.33. The van der Waals surface area contributed by atoms with Crippen LogP contribution in [0.15, 0.2) is 30.5 Å². The summed E-state index contributed by atoms with van der Waals surface area (Å²) >= 11 is 0. The Kier molecular flexibility index (Phi) is 5.71. The SMILES string of the molecule is CN(C)Cc1ccccc1NCc1cn(CCCO)nn1. The third-order valence-corrected chi connectivity index (χ3v) is 3.10. The number of aromatic nitrogens is 3. The summed E-state index contributed by atoms with van der Waals surface area (Å²) in [5, 5.41) is 20.4. The number of benzene rings is 1. The average molecular weight is 289 g/mol. The Morgan fingerprint density at radius 1 is 1.29 bits per heavy atom. The van der Waals surface area contributed by atoms with Crippen molar-refractivity contribution < 1.29 is 5.11 Å². The minimum atomic E-state index is 0.172. The molecule has 0 aliphatic carbocycles. The normalized spacial score (nSPS) is 11.0. The van der Waals surface area contributed by atoms with Crippen LogP contribution in [-0.4, -0.2) is 45.7 Å². The zero-order valence-corrected chi connectivity index (χ0v) is 12.7. The average Bonchev–Trinajstić information content (AvgIpc) is 2.91. The standard InChI is InChI=1S/C15H23N5O/c1-19(2)11-13-6-3-4-7-15(13)16-10-14-12-20(18-17-14)8-5-9-21/h3-4,6-7,12,16,21H,5,8-11H2,1-2H3. The molecule has 0 fully saturated rings. The third-order valence-electron chi connectivity index (χ3n) is 3.10. The van der Waals surface area contributed by atoms with E-state index < -0.39 is 0 Å². The molecular formula is C15H23N5O. The van der Waals surface area contributed by atoms with Gasteiger partial charge in [-0.2, -0.15) is 0 Å². The molecule has 21 heavy (non-hydrogen) atoms. The summed E-state index contributed by atoms with van der Waals surface area (Å²) in [5.74, 6) is 0. The number of anilines is 1. The van der Waals surface area contributed by atoms with Crippen molar-refractivity contribution in [3.8, 4) is 0 Å². The topological polar surface area (TPSA) is 66.2 Å². The molecule has 6 heteroatoms. The van der Waals surface area contributed by atoms with Gasteiger partial charge in [-0.15, -0.1) is 5.10 Å². The third kappa shape index (κ3) is 4.84. The van der Waals surface area contributed by atoms with Crippen molar-refractivity contribution in [2.24, 2.45) is 0 Å². The van der Waals surface area contributed by atoms with E-state index >= 15 is 0 Å². The molecule has 1 heterocycles. The van der Waals surface area contributed by atoms with Crippen molar-refractivity contribution >= 4 is 5.69 Å². The van der Waals surface area contributed by atoms with E-state index in [0.717, 1.165) is 17.9 Å². The number of hydrogen-bond acceptors (Lipinski definition) is 5. The molecule has 0 saturated carbocycles. The van der Waals surface area contributed by atoms with Crippen LogP contribution in [0, 0.1) is 0 Å². The number of nitrogens with zero attached hydrogens (tertiary/aromatic N) is 4. The molecular weight excluding hydrogens is 266 g/mol. The van der Waals surface area contributed by atoms with Crippen molar-refractivity contribution in [2.75, 3.05) is 26.0 Å². The highest BCUT2D eigenvalue weighted by atomic mass is 16.3. The van der Waals surface area contributed by atoms with Gasteiger partial charge in [-0.25, -0.2) is 0 Å². The molecule has 6 nitrogen and oxygen atoms in total. The summed E-state index contributed by atoms with van der Waals surface area (Å²) in [4.78, 5) is 2.14. The molecule has 1 aromatic carbocycles. The number of aliphatic hydroxyl groups excluding tert-OH is 1. The van der Waals surface area contributed by atoms with Crippen molar-refractivity contribution in [3.05, 3.63) is 41.7 Å². The van der Waals surface area contributed by atoms with Crippen LogP contribution in [0.25, 0.3) is 0 Å². The Balaban J connectivity index is 1.95. The van der Waals surface area contributed by atoms with Gasteiger partial charge in [-0.1, -0.05) is 23.4 Å². The van der Waals surface area contributed by atoms with Gasteiger partial charge in [0, 0.05) is 25.4 Å². The maximum Gasteiger partial charge on any atom is 0.102 e. The highest BCUT2D eigenvalue weighted by Crippen LogP contribution is 2.17. The summed E-state index contributed by atoms with van der Waals surface area (Å²) in [6.45, 7) is 2.40. The molecule has 0 aliphatic rings. The second kappa shape index (κ2) is 7.75. The largest absolute Gasteiger partial charge is 0.396 e. The molecule has 2 aromatic rings. The van der Waals surface area contributed by atoms with Crippen LogP contribution in [0.5, 0.6) is 0 Å². The minimum absolute atomic E-state index is 0.172. The lowest BCUT2D eigenvalue weighted by Crippen LogP contribution is -2.13. The van der Waals surface area contributed by atoms with Gasteiger partial charge in [0.15, 0.2) is 0 Å². The Hall–Kier alpha value is -1.92. The van der Waals surface area contributed by atoms with Crippen LogP contribution in [-0.2, 0) is 19.6 Å². The van der Waals surface area contributed by atoms with Gasteiger partial charge in [-0.3, -0.25) is 4.68 Å². The van der Waals surface area contributed by atoms with Crippen LogP contribution < -0.4 is 5.32 Å². The Labute approximate surface area is 125 Å². The van der Waals surface area contributed by atoms with Crippen LogP contribution in [0.1, 0.15) is 17.7 Å². The van der Waals surface area contributed by atoms with E-state index in [9.17, 15) is 0 Å². The first-order valence-corrected chi connectivity index (χ1v) is 7.15. The molecule has 2 N–H and O–H groups in total. The van der Waals surface area contributed by atoms with Crippen LogP contribution in [0.4, 0.5) is 5.69 Å². The van der Waals surface area contributed by atoms with E-state index in [1.807, 2.05) is 12.3 Å². The first-order chi connectivity index (χ1) is 10.2. The van der Waals surface area contributed by atoms with Crippen molar-refractivity contribution in [2.45, 2.75) is 26.1 Å². The molecule has 0 radical (unpaired) electrons. The van der Waals surface area contributed by atoms with E-state index in [4.69, 9.17) is 5.11 Å². The fourth-order valence-corrected chi connectivity index (χ4v) is 2.12. The quantitative estimate of drug-likeness (QED) is 0.767. The first kappa shape index (κ1) is 15.5. The number of aryl methyl sites for hydroxylation is 1. The molecule has 114 valence electrons. The molecule has 1 aromatic heterocycles. The van der Waals surface area contributed by atoms with Crippen LogP contribution >= 0.6 is 0 Å². The highest BCUT2D eigenvalue weighted by Gasteiger charge is 2.05. The van der Waals surface area contributed by atoms with Crippen molar-refractivity contribution in [3.63, 3.8) is 0 Å². The lowest BCUT2D eigenvalue weighted by atomic mass is 10.1. The monoisotopic (exact) mass is 289 g/mol. The first-order valence-electron chi connectivity index (χ1n) is 7.15. The van der Waals surface area contributed by atoms with Gasteiger partial charge in [0.2, 0.25) is 0 Å². The second-order valence-electron chi connectivity index (χ2n) is 5.30. The summed E-state index contributed by atoms with van der Waals surface area (Å²) in [5.41, 5.74) is 3.28. The van der Waals surface area contributed by atoms with Gasteiger partial charge in [-0.05, 0) is 32.1 Å². The van der Waals surface area contributed by atoms with Crippen LogP contribution in [0.3, 0.4) is 0 Å². The zero-order valence-electron chi connectivity index (χ0n) is 12.7. The lowest BCUT2D eigenvalue weighted by Gasteiger charge is -2.14. The summed E-state index contributed by atoms with van der Waals surface area (Å²) in [6.07, 6.45) is 2.61. The fraction of sp³-hybridized carbons (Fsp3) is 0.467. The molecule has 0 aliphatic heterocycles. The Morgan fingerprint density at radius 3 is 2.86 bits per heavy atom. The molecule has 0 saturated heterocycles. The van der Waals surface area contributed by atoms with Gasteiger partial charge in [0.25, 0.3) is 0 Å². The molecule has 0 unspecified atom stereocenters. The molecule has 0 amide bonds.